The maximum Gasteiger partial charge on any atom is 0.0459 e. The molecule has 0 radical (unpaired) electrons. The molecule has 0 saturated carbocycles. The molecule has 0 spiro atoms. The lowest BCUT2D eigenvalue weighted by molar-refractivity contribution is 0.182. The second-order valence-electron chi connectivity index (χ2n) is 4.89. The summed E-state index contributed by atoms with van der Waals surface area (Å²) in [5, 5.41) is 10.1. The lowest BCUT2D eigenvalue weighted by Crippen LogP contribution is -2.28. The molecule has 1 aliphatic rings. The van der Waals surface area contributed by atoms with E-state index in [0.29, 0.717) is 18.4 Å². The van der Waals surface area contributed by atoms with Gasteiger partial charge >= 0.3 is 0 Å². The van der Waals surface area contributed by atoms with Crippen molar-refractivity contribution in [1.82, 2.24) is 0 Å². The first-order valence-electron chi connectivity index (χ1n) is 6.02. The van der Waals surface area contributed by atoms with Gasteiger partial charge in [0, 0.05) is 11.9 Å². The number of aliphatic hydroxyl groups excluding tert-OH is 1. The van der Waals surface area contributed by atoms with Gasteiger partial charge < -0.3 is 5.11 Å². The molecule has 2 unspecified atom stereocenters. The average molecular weight is 228 g/mol. The van der Waals surface area contributed by atoms with Crippen LogP contribution in [0.15, 0.2) is 12.2 Å². The van der Waals surface area contributed by atoms with Crippen molar-refractivity contribution in [2.24, 2.45) is 11.8 Å². The van der Waals surface area contributed by atoms with Crippen molar-refractivity contribution in [3.05, 3.63) is 12.2 Å². The highest BCUT2D eigenvalue weighted by molar-refractivity contribution is 7.99. The molecule has 0 aliphatic carbocycles. The van der Waals surface area contributed by atoms with E-state index in [1.54, 1.807) is 0 Å². The van der Waals surface area contributed by atoms with Crippen LogP contribution in [0.25, 0.3) is 0 Å². The van der Waals surface area contributed by atoms with Crippen molar-refractivity contribution in [1.29, 1.82) is 0 Å². The van der Waals surface area contributed by atoms with Gasteiger partial charge in [-0.15, -0.1) is 6.58 Å². The summed E-state index contributed by atoms with van der Waals surface area (Å²) < 4.78 is 0. The zero-order valence-corrected chi connectivity index (χ0v) is 10.9. The minimum absolute atomic E-state index is 0.314. The van der Waals surface area contributed by atoms with Gasteiger partial charge in [-0.1, -0.05) is 18.9 Å². The molecular weight excluding hydrogens is 204 g/mol. The normalized spacial score (nSPS) is 25.9. The summed E-state index contributed by atoms with van der Waals surface area (Å²) >= 11 is 2.10. The lowest BCUT2D eigenvalue weighted by atomic mass is 9.84. The Hall–Kier alpha value is 0.0500. The van der Waals surface area contributed by atoms with Gasteiger partial charge in [-0.3, -0.25) is 0 Å². The number of thioether (sulfide) groups is 1. The van der Waals surface area contributed by atoms with Crippen LogP contribution in [0.4, 0.5) is 0 Å². The molecule has 1 rings (SSSR count). The van der Waals surface area contributed by atoms with E-state index in [1.165, 1.54) is 30.6 Å². The Balaban J connectivity index is 2.56. The fourth-order valence-electron chi connectivity index (χ4n) is 2.34. The highest BCUT2D eigenvalue weighted by atomic mass is 32.2. The van der Waals surface area contributed by atoms with E-state index in [1.807, 2.05) is 0 Å². The van der Waals surface area contributed by atoms with Crippen LogP contribution in [0, 0.1) is 11.8 Å². The van der Waals surface area contributed by atoms with Crippen LogP contribution in [-0.2, 0) is 0 Å². The van der Waals surface area contributed by atoms with Crippen molar-refractivity contribution in [3.63, 3.8) is 0 Å². The van der Waals surface area contributed by atoms with Crippen LogP contribution in [0.3, 0.4) is 0 Å². The molecule has 3 atom stereocenters. The van der Waals surface area contributed by atoms with E-state index in [-0.39, 0.29) is 0 Å². The summed E-state index contributed by atoms with van der Waals surface area (Å²) in [6.07, 6.45) is 5.14. The number of allylic oxidation sites excluding steroid dienone is 1. The molecule has 1 nitrogen and oxygen atoms in total. The van der Waals surface area contributed by atoms with Gasteiger partial charge in [0.05, 0.1) is 0 Å². The first-order chi connectivity index (χ1) is 7.15. The van der Waals surface area contributed by atoms with Gasteiger partial charge in [-0.2, -0.15) is 11.8 Å². The summed E-state index contributed by atoms with van der Waals surface area (Å²) in [6, 6.07) is 0. The van der Waals surface area contributed by atoms with E-state index < -0.39 is 0 Å². The highest BCUT2D eigenvalue weighted by Crippen LogP contribution is 2.37. The van der Waals surface area contributed by atoms with Crippen LogP contribution >= 0.6 is 11.8 Å². The van der Waals surface area contributed by atoms with Crippen LogP contribution in [0.2, 0.25) is 0 Å². The van der Waals surface area contributed by atoms with Crippen molar-refractivity contribution in [3.8, 4) is 0 Å². The number of hydrogen-bond donors (Lipinski definition) is 1. The van der Waals surface area contributed by atoms with Gasteiger partial charge in [-0.25, -0.2) is 0 Å². The molecule has 1 saturated heterocycles. The molecule has 0 bridgehead atoms. The Morgan fingerprint density at radius 1 is 1.53 bits per heavy atom. The number of aliphatic hydroxyl groups is 1. The summed E-state index contributed by atoms with van der Waals surface area (Å²) in [5.41, 5.74) is 1.26. The van der Waals surface area contributed by atoms with Gasteiger partial charge in [0.1, 0.15) is 0 Å². The molecule has 0 amide bonds. The fraction of sp³-hybridized carbons (Fsp3) is 0.846. The Kier molecular flexibility index (Phi) is 5.77. The lowest BCUT2D eigenvalue weighted by Gasteiger charge is -2.33. The predicted molar refractivity (Wildman–Crippen MR) is 69.3 cm³/mol. The second-order valence-corrected chi connectivity index (χ2v) is 6.24. The molecule has 2 heteroatoms. The van der Waals surface area contributed by atoms with Crippen molar-refractivity contribution >= 4 is 11.8 Å². The maximum absolute atomic E-state index is 9.31. The topological polar surface area (TPSA) is 20.2 Å². The molecule has 0 aromatic carbocycles. The van der Waals surface area contributed by atoms with Gasteiger partial charge in [0.25, 0.3) is 0 Å². The first kappa shape index (κ1) is 13.1. The van der Waals surface area contributed by atoms with E-state index in [2.05, 4.69) is 32.2 Å². The predicted octanol–water partition coefficient (Wildman–Crippen LogP) is 3.48. The van der Waals surface area contributed by atoms with E-state index in [4.69, 9.17) is 0 Å². The maximum atomic E-state index is 9.31. The van der Waals surface area contributed by atoms with E-state index in [0.717, 1.165) is 11.7 Å². The van der Waals surface area contributed by atoms with Crippen molar-refractivity contribution in [2.45, 2.75) is 44.8 Å². The molecule has 0 aromatic rings. The molecule has 1 N–H and O–H groups in total. The van der Waals surface area contributed by atoms with Gasteiger partial charge in [0.2, 0.25) is 0 Å². The third-order valence-corrected chi connectivity index (χ3v) is 4.83. The second kappa shape index (κ2) is 6.59. The van der Waals surface area contributed by atoms with Crippen LogP contribution in [0.5, 0.6) is 0 Å². The quantitative estimate of drug-likeness (QED) is 0.727. The van der Waals surface area contributed by atoms with Gasteiger partial charge in [-0.05, 0) is 43.8 Å². The zero-order chi connectivity index (χ0) is 11.3. The third-order valence-electron chi connectivity index (χ3n) is 3.30. The Labute approximate surface area is 98.3 Å². The number of rotatable bonds is 5. The molecule has 1 heterocycles. The smallest absolute Gasteiger partial charge is 0.0459 e. The minimum Gasteiger partial charge on any atom is -0.396 e. The molecule has 1 fully saturated rings. The zero-order valence-electron chi connectivity index (χ0n) is 10.0. The summed E-state index contributed by atoms with van der Waals surface area (Å²) in [6.45, 7) is 8.60. The van der Waals surface area contributed by atoms with Gasteiger partial charge in [0.15, 0.2) is 0 Å². The highest BCUT2D eigenvalue weighted by Gasteiger charge is 2.28. The SMILES string of the molecule is C=C(C)CC(C1CCCCS1)[C@@H](C)CO. The molecule has 88 valence electrons. The summed E-state index contributed by atoms with van der Waals surface area (Å²) in [5.74, 6) is 2.34. The Morgan fingerprint density at radius 2 is 2.27 bits per heavy atom. The number of hydrogen-bond acceptors (Lipinski definition) is 2. The van der Waals surface area contributed by atoms with Crippen molar-refractivity contribution < 1.29 is 5.11 Å². The molecule has 15 heavy (non-hydrogen) atoms. The average Bonchev–Trinajstić information content (AvgIpc) is 2.26. The molecule has 1 aliphatic heterocycles. The monoisotopic (exact) mass is 228 g/mol. The van der Waals surface area contributed by atoms with Crippen LogP contribution in [0.1, 0.15) is 39.5 Å². The first-order valence-corrected chi connectivity index (χ1v) is 7.07. The summed E-state index contributed by atoms with van der Waals surface area (Å²) in [7, 11) is 0. The minimum atomic E-state index is 0.314. The molecule has 0 aromatic heterocycles. The van der Waals surface area contributed by atoms with E-state index >= 15 is 0 Å². The van der Waals surface area contributed by atoms with Crippen molar-refractivity contribution in [2.75, 3.05) is 12.4 Å². The largest absolute Gasteiger partial charge is 0.396 e. The van der Waals surface area contributed by atoms with E-state index in [9.17, 15) is 5.11 Å². The third kappa shape index (κ3) is 4.20. The molecular formula is C13H24OS. The van der Waals surface area contributed by atoms with Crippen LogP contribution in [-0.4, -0.2) is 22.7 Å². The Bertz CT molecular complexity index is 197. The fourth-order valence-corrected chi connectivity index (χ4v) is 3.96. The summed E-state index contributed by atoms with van der Waals surface area (Å²) in [4.78, 5) is 0. The Morgan fingerprint density at radius 3 is 2.73 bits per heavy atom. The van der Waals surface area contributed by atoms with Crippen LogP contribution < -0.4 is 0 Å². The standard InChI is InChI=1S/C13H24OS/c1-10(2)8-12(11(3)9-14)13-6-4-5-7-15-13/h11-14H,1,4-9H2,2-3H3/t11-,12?,13?/m0/s1.